The van der Waals surface area contributed by atoms with E-state index in [1.165, 1.54) is 22.7 Å². The fourth-order valence-electron chi connectivity index (χ4n) is 2.80. The van der Waals surface area contributed by atoms with E-state index in [1.54, 1.807) is 38.3 Å². The molecule has 3 rings (SSSR count). The van der Waals surface area contributed by atoms with Gasteiger partial charge in [-0.15, -0.1) is 22.7 Å². The Hall–Kier alpha value is -3.37. The second-order valence-electron chi connectivity index (χ2n) is 6.46. The first-order chi connectivity index (χ1) is 15.5. The van der Waals surface area contributed by atoms with Gasteiger partial charge in [0.2, 0.25) is 5.91 Å². The highest BCUT2D eigenvalue weighted by Crippen LogP contribution is 2.38. The molecular weight excluding hydrogens is 450 g/mol. The molecule has 32 heavy (non-hydrogen) atoms. The third kappa shape index (κ3) is 6.08. The van der Waals surface area contributed by atoms with Crippen LogP contribution in [0, 0.1) is 0 Å². The monoisotopic (exact) mass is 473 g/mol. The molecule has 0 atom stereocenters. The van der Waals surface area contributed by atoms with E-state index in [4.69, 9.17) is 9.47 Å². The summed E-state index contributed by atoms with van der Waals surface area (Å²) in [7, 11) is 1.56. The van der Waals surface area contributed by atoms with Gasteiger partial charge < -0.3 is 25.4 Å². The van der Waals surface area contributed by atoms with Gasteiger partial charge in [-0.25, -0.2) is 9.59 Å². The quantitative estimate of drug-likeness (QED) is 0.387. The number of thiophene rings is 2. The number of rotatable bonds is 9. The number of hydrogen-bond acceptors (Lipinski definition) is 7. The zero-order valence-corrected chi connectivity index (χ0v) is 19.2. The maximum absolute atomic E-state index is 12.5. The number of hydrogen-bond donors (Lipinski definition) is 3. The van der Waals surface area contributed by atoms with Crippen LogP contribution in [0.3, 0.4) is 0 Å². The zero-order chi connectivity index (χ0) is 22.9. The summed E-state index contributed by atoms with van der Waals surface area (Å²) in [4.78, 5) is 37.8. The van der Waals surface area contributed by atoms with E-state index in [1.807, 2.05) is 22.9 Å². The Morgan fingerprint density at radius 2 is 1.81 bits per heavy atom. The van der Waals surface area contributed by atoms with E-state index in [-0.39, 0.29) is 25.5 Å². The predicted octanol–water partition coefficient (Wildman–Crippen LogP) is 4.81. The summed E-state index contributed by atoms with van der Waals surface area (Å²) in [5.41, 5.74) is 1.68. The van der Waals surface area contributed by atoms with E-state index in [0.29, 0.717) is 22.0 Å². The molecule has 168 valence electrons. The first-order valence-corrected chi connectivity index (χ1v) is 11.6. The van der Waals surface area contributed by atoms with Gasteiger partial charge in [0.15, 0.2) is 0 Å². The van der Waals surface area contributed by atoms with E-state index in [9.17, 15) is 14.4 Å². The zero-order valence-electron chi connectivity index (χ0n) is 17.6. The first kappa shape index (κ1) is 23.3. The molecule has 0 aliphatic rings. The van der Waals surface area contributed by atoms with Crippen molar-refractivity contribution in [2.45, 2.75) is 13.3 Å². The van der Waals surface area contributed by atoms with E-state index >= 15 is 0 Å². The molecule has 0 unspecified atom stereocenters. The third-order valence-corrected chi connectivity index (χ3v) is 6.09. The molecular formula is C22H23N3O5S2. The van der Waals surface area contributed by atoms with Gasteiger partial charge in [0.05, 0.1) is 13.7 Å². The maximum Gasteiger partial charge on any atom is 0.341 e. The number of methoxy groups -OCH3 is 1. The summed E-state index contributed by atoms with van der Waals surface area (Å²) in [6.45, 7) is 2.10. The van der Waals surface area contributed by atoms with Gasteiger partial charge in [-0.3, -0.25) is 4.79 Å². The van der Waals surface area contributed by atoms with Crippen molar-refractivity contribution in [3.05, 3.63) is 52.7 Å². The van der Waals surface area contributed by atoms with Crippen molar-refractivity contribution in [2.24, 2.45) is 0 Å². The number of carbonyl (C=O) groups is 3. The topological polar surface area (TPSA) is 106 Å². The van der Waals surface area contributed by atoms with Crippen LogP contribution in [0.2, 0.25) is 0 Å². The molecule has 3 N–H and O–H groups in total. The van der Waals surface area contributed by atoms with Crippen LogP contribution in [0.25, 0.3) is 10.4 Å². The number of ether oxygens (including phenoxy) is 2. The summed E-state index contributed by atoms with van der Waals surface area (Å²) in [5, 5.41) is 12.3. The highest BCUT2D eigenvalue weighted by Gasteiger charge is 2.23. The Morgan fingerprint density at radius 1 is 1.03 bits per heavy atom. The van der Waals surface area contributed by atoms with E-state index in [2.05, 4.69) is 16.0 Å². The molecule has 2 heterocycles. The van der Waals surface area contributed by atoms with Gasteiger partial charge in [-0.1, -0.05) is 6.07 Å². The number of carbonyl (C=O) groups excluding carboxylic acids is 3. The molecule has 0 fully saturated rings. The lowest BCUT2D eigenvalue weighted by Crippen LogP contribution is -2.31. The molecule has 0 saturated heterocycles. The minimum atomic E-state index is -0.482. The van der Waals surface area contributed by atoms with Crippen molar-refractivity contribution >= 4 is 51.3 Å². The number of benzene rings is 1. The second kappa shape index (κ2) is 11.3. The lowest BCUT2D eigenvalue weighted by Gasteiger charge is -2.09. The molecule has 1 aromatic carbocycles. The molecule has 0 aliphatic carbocycles. The largest absolute Gasteiger partial charge is 0.497 e. The summed E-state index contributed by atoms with van der Waals surface area (Å²) in [5.74, 6) is -0.116. The Kier molecular flexibility index (Phi) is 8.23. The maximum atomic E-state index is 12.5. The van der Waals surface area contributed by atoms with Crippen LogP contribution in [0.15, 0.2) is 47.2 Å². The molecule has 0 spiro atoms. The first-order valence-electron chi connectivity index (χ1n) is 9.83. The lowest BCUT2D eigenvalue weighted by molar-refractivity contribution is -0.116. The van der Waals surface area contributed by atoms with Crippen molar-refractivity contribution < 1.29 is 23.9 Å². The van der Waals surface area contributed by atoms with Crippen LogP contribution in [-0.2, 0) is 9.53 Å². The van der Waals surface area contributed by atoms with Crippen molar-refractivity contribution in [3.63, 3.8) is 0 Å². The van der Waals surface area contributed by atoms with Crippen LogP contribution >= 0.6 is 22.7 Å². The summed E-state index contributed by atoms with van der Waals surface area (Å²) in [6, 6.07) is 10.3. The summed E-state index contributed by atoms with van der Waals surface area (Å²) < 4.78 is 10.3. The van der Waals surface area contributed by atoms with Gasteiger partial charge in [0.25, 0.3) is 0 Å². The van der Waals surface area contributed by atoms with Crippen molar-refractivity contribution in [2.75, 3.05) is 30.9 Å². The molecule has 8 nitrogen and oxygen atoms in total. The Labute approximate surface area is 193 Å². The van der Waals surface area contributed by atoms with Gasteiger partial charge >= 0.3 is 12.0 Å². The smallest absolute Gasteiger partial charge is 0.341 e. The lowest BCUT2D eigenvalue weighted by atomic mass is 10.1. The highest BCUT2D eigenvalue weighted by atomic mass is 32.1. The molecule has 10 heteroatoms. The Morgan fingerprint density at radius 3 is 2.47 bits per heavy atom. The van der Waals surface area contributed by atoms with Crippen LogP contribution < -0.4 is 20.7 Å². The number of anilines is 2. The SMILES string of the molecule is CCOC(=O)c1c(-c2cccs2)csc1NC(=O)CCNC(=O)Nc1ccc(OC)cc1. The second-order valence-corrected chi connectivity index (χ2v) is 8.29. The highest BCUT2D eigenvalue weighted by molar-refractivity contribution is 7.17. The minimum Gasteiger partial charge on any atom is -0.497 e. The molecule has 3 aromatic rings. The van der Waals surface area contributed by atoms with Crippen molar-refractivity contribution in [3.8, 4) is 16.2 Å². The van der Waals surface area contributed by atoms with Gasteiger partial charge in [0, 0.05) is 34.5 Å². The van der Waals surface area contributed by atoms with Crippen molar-refractivity contribution in [1.29, 1.82) is 0 Å². The molecule has 0 bridgehead atoms. The van der Waals surface area contributed by atoms with E-state index in [0.717, 1.165) is 10.4 Å². The fraction of sp³-hybridized carbons (Fsp3) is 0.227. The standard InChI is InChI=1S/C22H23N3O5S2/c1-3-30-21(27)19-16(17-5-4-12-31-17)13-32-20(19)25-18(26)10-11-23-22(28)24-14-6-8-15(29-2)9-7-14/h4-9,12-13H,3,10-11H2,1-2H3,(H,25,26)(H2,23,24,28). The minimum absolute atomic E-state index is 0.0462. The van der Waals surface area contributed by atoms with Crippen LogP contribution in [0.4, 0.5) is 15.5 Å². The average Bonchev–Trinajstić information content (AvgIpc) is 3.44. The summed E-state index contributed by atoms with van der Waals surface area (Å²) >= 11 is 2.77. The van der Waals surface area contributed by atoms with Crippen LogP contribution in [0.1, 0.15) is 23.7 Å². The van der Waals surface area contributed by atoms with E-state index < -0.39 is 12.0 Å². The third-order valence-electron chi connectivity index (χ3n) is 4.30. The normalized spacial score (nSPS) is 10.3. The number of nitrogens with one attached hydrogen (secondary N) is 3. The van der Waals surface area contributed by atoms with Crippen LogP contribution in [-0.4, -0.2) is 38.2 Å². The van der Waals surface area contributed by atoms with Gasteiger partial charge in [-0.05, 0) is 42.6 Å². The fourth-order valence-corrected chi connectivity index (χ4v) is 4.59. The molecule has 0 radical (unpaired) electrons. The molecule has 3 amide bonds. The molecule has 0 aliphatic heterocycles. The number of amides is 3. The summed E-state index contributed by atoms with van der Waals surface area (Å²) in [6.07, 6.45) is 0.0462. The number of esters is 1. The Balaban J connectivity index is 1.55. The molecule has 2 aromatic heterocycles. The van der Waals surface area contributed by atoms with Crippen molar-refractivity contribution in [1.82, 2.24) is 5.32 Å². The molecule has 0 saturated carbocycles. The Bertz CT molecular complexity index is 1060. The van der Waals surface area contributed by atoms with Gasteiger partial charge in [-0.2, -0.15) is 0 Å². The number of urea groups is 1. The van der Waals surface area contributed by atoms with Crippen LogP contribution in [0.5, 0.6) is 5.75 Å². The predicted molar refractivity (Wildman–Crippen MR) is 127 cm³/mol. The van der Waals surface area contributed by atoms with Gasteiger partial charge in [0.1, 0.15) is 16.3 Å². The average molecular weight is 474 g/mol.